The predicted octanol–water partition coefficient (Wildman–Crippen LogP) is 2.16. The highest BCUT2D eigenvalue weighted by Gasteiger charge is 2.11. The Hall–Kier alpha value is -2.89. The summed E-state index contributed by atoms with van der Waals surface area (Å²) < 4.78 is 14.3. The smallest absolute Gasteiger partial charge is 0.335 e. The Kier molecular flexibility index (Phi) is 2.64. The number of carbonyl (C=O) groups is 1. The fourth-order valence-corrected chi connectivity index (χ4v) is 2.09. The molecule has 0 unspecified atom stereocenters. The molecule has 0 amide bonds. The van der Waals surface area contributed by atoms with Gasteiger partial charge in [0.1, 0.15) is 5.82 Å². The van der Waals surface area contributed by atoms with E-state index in [4.69, 9.17) is 5.11 Å². The van der Waals surface area contributed by atoms with E-state index in [1.165, 1.54) is 41.0 Å². The summed E-state index contributed by atoms with van der Waals surface area (Å²) >= 11 is 0. The van der Waals surface area contributed by atoms with Gasteiger partial charge in [-0.1, -0.05) is 0 Å². The molecule has 0 aliphatic rings. The number of nitrogens with zero attached hydrogens (tertiary/aromatic N) is 1. The molecule has 0 saturated heterocycles. The van der Waals surface area contributed by atoms with Gasteiger partial charge < -0.3 is 10.1 Å². The number of H-pyrrole nitrogens is 1. The lowest BCUT2D eigenvalue weighted by atomic mass is 10.2. The molecule has 3 aromatic rings. The Morgan fingerprint density at radius 1 is 1.15 bits per heavy atom. The van der Waals surface area contributed by atoms with E-state index in [9.17, 15) is 14.0 Å². The molecule has 0 atom stereocenters. The minimum absolute atomic E-state index is 0.0880. The van der Waals surface area contributed by atoms with Gasteiger partial charge in [0.2, 0.25) is 0 Å². The quantitative estimate of drug-likeness (QED) is 0.750. The molecule has 1 heterocycles. The van der Waals surface area contributed by atoms with E-state index >= 15 is 0 Å². The number of fused-ring (bicyclic) bond motifs is 1. The first kappa shape index (κ1) is 12.2. The number of halogens is 1. The molecule has 0 radical (unpaired) electrons. The summed E-state index contributed by atoms with van der Waals surface area (Å²) in [5.74, 6) is -1.46. The zero-order valence-electron chi connectivity index (χ0n) is 10.1. The third-order valence-corrected chi connectivity index (χ3v) is 3.01. The first-order valence-corrected chi connectivity index (χ1v) is 5.80. The van der Waals surface area contributed by atoms with E-state index in [-0.39, 0.29) is 5.56 Å². The van der Waals surface area contributed by atoms with Gasteiger partial charge in [-0.3, -0.25) is 4.57 Å². The van der Waals surface area contributed by atoms with Crippen LogP contribution in [0.15, 0.2) is 47.3 Å². The van der Waals surface area contributed by atoms with Crippen LogP contribution in [-0.4, -0.2) is 20.6 Å². The van der Waals surface area contributed by atoms with Crippen molar-refractivity contribution in [1.82, 2.24) is 9.55 Å². The molecule has 0 fully saturated rings. The molecule has 2 N–H and O–H groups in total. The fraction of sp³-hybridized carbons (Fsp3) is 0. The molecular weight excluding hydrogens is 263 g/mol. The maximum absolute atomic E-state index is 12.9. The van der Waals surface area contributed by atoms with Crippen LogP contribution in [0.5, 0.6) is 0 Å². The highest BCUT2D eigenvalue weighted by Crippen LogP contribution is 2.17. The van der Waals surface area contributed by atoms with Crippen LogP contribution in [-0.2, 0) is 0 Å². The third kappa shape index (κ3) is 1.87. The van der Waals surface area contributed by atoms with Gasteiger partial charge in [0.15, 0.2) is 0 Å². The van der Waals surface area contributed by atoms with E-state index in [1.54, 1.807) is 6.07 Å². The number of aromatic carboxylic acids is 1. The van der Waals surface area contributed by atoms with Crippen molar-refractivity contribution in [3.8, 4) is 5.69 Å². The fourth-order valence-electron chi connectivity index (χ4n) is 2.09. The predicted molar refractivity (Wildman–Crippen MR) is 70.8 cm³/mol. The summed E-state index contributed by atoms with van der Waals surface area (Å²) in [6.07, 6.45) is 0. The van der Waals surface area contributed by atoms with Crippen molar-refractivity contribution in [2.75, 3.05) is 0 Å². The number of hydrogen-bond acceptors (Lipinski definition) is 2. The molecule has 20 heavy (non-hydrogen) atoms. The van der Waals surface area contributed by atoms with E-state index in [0.717, 1.165) is 0 Å². The maximum Gasteiger partial charge on any atom is 0.335 e. The van der Waals surface area contributed by atoms with E-state index in [0.29, 0.717) is 16.7 Å². The Morgan fingerprint density at radius 3 is 2.50 bits per heavy atom. The third-order valence-electron chi connectivity index (χ3n) is 3.01. The number of nitrogens with one attached hydrogen (secondary N) is 1. The summed E-state index contributed by atoms with van der Waals surface area (Å²) in [6.45, 7) is 0. The molecule has 0 spiro atoms. The highest BCUT2D eigenvalue weighted by atomic mass is 19.1. The second-order valence-electron chi connectivity index (χ2n) is 4.28. The molecule has 3 rings (SSSR count). The average Bonchev–Trinajstić information content (AvgIpc) is 2.74. The van der Waals surface area contributed by atoms with Crippen LogP contribution in [0, 0.1) is 5.82 Å². The largest absolute Gasteiger partial charge is 0.478 e. The van der Waals surface area contributed by atoms with Crippen molar-refractivity contribution in [3.05, 3.63) is 64.3 Å². The van der Waals surface area contributed by atoms with Crippen molar-refractivity contribution in [2.24, 2.45) is 0 Å². The number of carboxylic acids is 1. The zero-order chi connectivity index (χ0) is 14.3. The van der Waals surface area contributed by atoms with Crippen molar-refractivity contribution >= 4 is 17.0 Å². The minimum Gasteiger partial charge on any atom is -0.478 e. The highest BCUT2D eigenvalue weighted by molar-refractivity contribution is 5.92. The molecule has 100 valence electrons. The van der Waals surface area contributed by atoms with Crippen LogP contribution in [0.3, 0.4) is 0 Å². The number of carboxylic acid groups (broad SMARTS) is 1. The van der Waals surface area contributed by atoms with Crippen molar-refractivity contribution in [2.45, 2.75) is 0 Å². The van der Waals surface area contributed by atoms with E-state index in [1.807, 2.05) is 0 Å². The zero-order valence-corrected chi connectivity index (χ0v) is 10.1. The lowest BCUT2D eigenvalue weighted by Gasteiger charge is -2.03. The second-order valence-corrected chi connectivity index (χ2v) is 4.28. The molecule has 0 saturated carbocycles. The van der Waals surface area contributed by atoms with Crippen LogP contribution in [0.2, 0.25) is 0 Å². The summed E-state index contributed by atoms with van der Waals surface area (Å²) in [7, 11) is 0. The average molecular weight is 272 g/mol. The van der Waals surface area contributed by atoms with Gasteiger partial charge >= 0.3 is 11.7 Å². The lowest BCUT2D eigenvalue weighted by molar-refractivity contribution is 0.0697. The van der Waals surface area contributed by atoms with Crippen molar-refractivity contribution in [1.29, 1.82) is 0 Å². The first-order valence-electron chi connectivity index (χ1n) is 5.80. The number of rotatable bonds is 2. The first-order chi connectivity index (χ1) is 9.56. The van der Waals surface area contributed by atoms with Gasteiger partial charge in [0.25, 0.3) is 0 Å². The molecular formula is C14H9FN2O3. The van der Waals surface area contributed by atoms with Gasteiger partial charge in [-0.15, -0.1) is 0 Å². The van der Waals surface area contributed by atoms with Crippen molar-refractivity contribution in [3.63, 3.8) is 0 Å². The second kappa shape index (κ2) is 4.34. The summed E-state index contributed by atoms with van der Waals surface area (Å²) in [4.78, 5) is 25.5. The summed E-state index contributed by atoms with van der Waals surface area (Å²) in [5, 5.41) is 8.93. The lowest BCUT2D eigenvalue weighted by Crippen LogP contribution is -2.14. The monoisotopic (exact) mass is 272 g/mol. The topological polar surface area (TPSA) is 75.1 Å². The van der Waals surface area contributed by atoms with Crippen LogP contribution in [0.1, 0.15) is 10.4 Å². The number of hydrogen-bond donors (Lipinski definition) is 2. The van der Waals surface area contributed by atoms with Gasteiger partial charge in [-0.25, -0.2) is 14.0 Å². The van der Waals surface area contributed by atoms with Gasteiger partial charge in [0, 0.05) is 0 Å². The standard InChI is InChI=1S/C14H9FN2O3/c15-9-2-4-10(5-3-9)17-12-6-1-8(13(18)19)7-11(12)16-14(17)20/h1-7H,(H,16,20)(H,18,19). The van der Waals surface area contributed by atoms with Gasteiger partial charge in [0.05, 0.1) is 22.3 Å². The Morgan fingerprint density at radius 2 is 1.85 bits per heavy atom. The molecule has 2 aromatic carbocycles. The Bertz CT molecular complexity index is 862. The maximum atomic E-state index is 12.9. The number of benzene rings is 2. The molecule has 1 aromatic heterocycles. The van der Waals surface area contributed by atoms with Crippen LogP contribution in [0.4, 0.5) is 4.39 Å². The van der Waals surface area contributed by atoms with E-state index < -0.39 is 17.5 Å². The minimum atomic E-state index is -1.07. The number of aromatic amines is 1. The number of aromatic nitrogens is 2. The number of imidazole rings is 1. The normalized spacial score (nSPS) is 10.8. The summed E-state index contributed by atoms with van der Waals surface area (Å²) in [6, 6.07) is 9.82. The van der Waals surface area contributed by atoms with Gasteiger partial charge in [-0.2, -0.15) is 0 Å². The van der Waals surface area contributed by atoms with Crippen LogP contribution < -0.4 is 5.69 Å². The molecule has 6 heteroatoms. The van der Waals surface area contributed by atoms with Crippen LogP contribution in [0.25, 0.3) is 16.7 Å². The SMILES string of the molecule is O=C(O)c1ccc2c(c1)[nH]c(=O)n2-c1ccc(F)cc1. The molecule has 0 aliphatic carbocycles. The van der Waals surface area contributed by atoms with Crippen LogP contribution >= 0.6 is 0 Å². The molecule has 5 nitrogen and oxygen atoms in total. The van der Waals surface area contributed by atoms with Gasteiger partial charge in [-0.05, 0) is 42.5 Å². The van der Waals surface area contributed by atoms with E-state index in [2.05, 4.69) is 4.98 Å². The Balaban J connectivity index is 2.26. The Labute approximate surface area is 111 Å². The summed E-state index contributed by atoms with van der Waals surface area (Å²) in [5.41, 5.74) is 1.13. The molecule has 0 aliphatic heterocycles. The van der Waals surface area contributed by atoms with Crippen molar-refractivity contribution < 1.29 is 14.3 Å². The molecule has 0 bridgehead atoms.